The van der Waals surface area contributed by atoms with Crippen molar-refractivity contribution in [1.29, 1.82) is 0 Å². The number of benzene rings is 2. The van der Waals surface area contributed by atoms with Gasteiger partial charge >= 0.3 is 0 Å². The molecule has 1 fully saturated rings. The molecule has 0 aliphatic carbocycles. The van der Waals surface area contributed by atoms with Crippen molar-refractivity contribution in [3.63, 3.8) is 0 Å². The van der Waals surface area contributed by atoms with Crippen LogP contribution in [0.4, 0.5) is 0 Å². The topological polar surface area (TPSA) is 41.1 Å². The van der Waals surface area contributed by atoms with E-state index in [1.54, 1.807) is 11.8 Å². The standard InChI is InChI=1S/C18H20N2OS/c21-18(20-12-15-10-19-11-15)16-8-6-14(7-9-16)13-22-17-4-2-1-3-5-17/h1-9,15,19H,10-13H2,(H,20,21). The second-order valence-electron chi connectivity index (χ2n) is 5.53. The Balaban J connectivity index is 1.49. The number of amides is 1. The van der Waals surface area contributed by atoms with E-state index in [1.165, 1.54) is 10.5 Å². The molecule has 0 radical (unpaired) electrons. The SMILES string of the molecule is O=C(NCC1CNC1)c1ccc(CSc2ccccc2)cc1. The average molecular weight is 312 g/mol. The fourth-order valence-corrected chi connectivity index (χ4v) is 3.14. The minimum atomic E-state index is 0.0224. The lowest BCUT2D eigenvalue weighted by Gasteiger charge is -2.27. The Kier molecular flexibility index (Phi) is 5.14. The molecule has 2 aromatic rings. The summed E-state index contributed by atoms with van der Waals surface area (Å²) in [5, 5.41) is 6.20. The molecule has 2 aromatic carbocycles. The third-order valence-electron chi connectivity index (χ3n) is 3.78. The van der Waals surface area contributed by atoms with Gasteiger partial charge in [-0.1, -0.05) is 30.3 Å². The lowest BCUT2D eigenvalue weighted by Crippen LogP contribution is -2.48. The van der Waals surface area contributed by atoms with E-state index in [0.717, 1.165) is 31.0 Å². The first-order valence-electron chi connectivity index (χ1n) is 7.57. The zero-order valence-electron chi connectivity index (χ0n) is 12.4. The van der Waals surface area contributed by atoms with Gasteiger partial charge in [-0.05, 0) is 29.8 Å². The summed E-state index contributed by atoms with van der Waals surface area (Å²) in [7, 11) is 0. The summed E-state index contributed by atoms with van der Waals surface area (Å²) in [6.07, 6.45) is 0. The van der Waals surface area contributed by atoms with Gasteiger partial charge in [0.2, 0.25) is 0 Å². The zero-order valence-corrected chi connectivity index (χ0v) is 13.2. The fraction of sp³-hybridized carbons (Fsp3) is 0.278. The number of hydrogen-bond donors (Lipinski definition) is 2. The van der Waals surface area contributed by atoms with Crippen molar-refractivity contribution < 1.29 is 4.79 Å². The van der Waals surface area contributed by atoms with Gasteiger partial charge in [-0.3, -0.25) is 4.79 Å². The van der Waals surface area contributed by atoms with Crippen LogP contribution in [0, 0.1) is 5.92 Å². The second kappa shape index (κ2) is 7.47. The lowest BCUT2D eigenvalue weighted by atomic mass is 10.0. The number of hydrogen-bond acceptors (Lipinski definition) is 3. The maximum absolute atomic E-state index is 12.0. The maximum atomic E-state index is 12.0. The summed E-state index contributed by atoms with van der Waals surface area (Å²) >= 11 is 1.81. The minimum Gasteiger partial charge on any atom is -0.352 e. The van der Waals surface area contributed by atoms with Crippen LogP contribution in [0.15, 0.2) is 59.5 Å². The number of carbonyl (C=O) groups excluding carboxylic acids is 1. The Morgan fingerprint density at radius 1 is 1.09 bits per heavy atom. The lowest BCUT2D eigenvalue weighted by molar-refractivity contribution is 0.0942. The number of carbonyl (C=O) groups is 1. The molecular formula is C18H20N2OS. The van der Waals surface area contributed by atoms with Crippen molar-refractivity contribution in [3.8, 4) is 0 Å². The summed E-state index contributed by atoms with van der Waals surface area (Å²) in [6.45, 7) is 2.78. The van der Waals surface area contributed by atoms with Gasteiger partial charge in [0.25, 0.3) is 5.91 Å². The molecule has 114 valence electrons. The molecule has 0 unspecified atom stereocenters. The molecule has 1 aliphatic heterocycles. The van der Waals surface area contributed by atoms with Gasteiger partial charge in [0.05, 0.1) is 0 Å². The smallest absolute Gasteiger partial charge is 0.251 e. The van der Waals surface area contributed by atoms with E-state index >= 15 is 0 Å². The summed E-state index contributed by atoms with van der Waals surface area (Å²) in [6, 6.07) is 18.2. The minimum absolute atomic E-state index is 0.0224. The molecule has 1 heterocycles. The van der Waals surface area contributed by atoms with E-state index in [-0.39, 0.29) is 5.91 Å². The first-order chi connectivity index (χ1) is 10.8. The zero-order chi connectivity index (χ0) is 15.2. The molecule has 0 spiro atoms. The van der Waals surface area contributed by atoms with Gasteiger partial charge in [-0.25, -0.2) is 0 Å². The summed E-state index contributed by atoms with van der Waals surface area (Å²) in [5.74, 6) is 1.53. The Morgan fingerprint density at radius 2 is 1.82 bits per heavy atom. The highest BCUT2D eigenvalue weighted by Crippen LogP contribution is 2.22. The van der Waals surface area contributed by atoms with E-state index in [9.17, 15) is 4.79 Å². The van der Waals surface area contributed by atoms with Crippen LogP contribution in [0.5, 0.6) is 0 Å². The third-order valence-corrected chi connectivity index (χ3v) is 4.87. The number of nitrogens with one attached hydrogen (secondary N) is 2. The summed E-state index contributed by atoms with van der Waals surface area (Å²) in [5.41, 5.74) is 1.97. The predicted octanol–water partition coefficient (Wildman–Crippen LogP) is 2.93. The number of thioether (sulfide) groups is 1. The van der Waals surface area contributed by atoms with Crippen LogP contribution >= 0.6 is 11.8 Å². The van der Waals surface area contributed by atoms with Gasteiger partial charge in [-0.2, -0.15) is 0 Å². The molecule has 22 heavy (non-hydrogen) atoms. The van der Waals surface area contributed by atoms with E-state index in [4.69, 9.17) is 0 Å². The molecule has 1 amide bonds. The van der Waals surface area contributed by atoms with Gasteiger partial charge in [-0.15, -0.1) is 11.8 Å². The van der Waals surface area contributed by atoms with Gasteiger partial charge in [0, 0.05) is 41.8 Å². The molecule has 0 saturated carbocycles. The maximum Gasteiger partial charge on any atom is 0.251 e. The van der Waals surface area contributed by atoms with Gasteiger partial charge in [0.1, 0.15) is 0 Å². The van der Waals surface area contributed by atoms with E-state index in [1.807, 2.05) is 42.5 Å². The highest BCUT2D eigenvalue weighted by Gasteiger charge is 2.17. The van der Waals surface area contributed by atoms with Crippen LogP contribution in [-0.4, -0.2) is 25.5 Å². The van der Waals surface area contributed by atoms with Crippen molar-refractivity contribution in [3.05, 3.63) is 65.7 Å². The molecule has 3 rings (SSSR count). The van der Waals surface area contributed by atoms with Crippen molar-refractivity contribution in [2.75, 3.05) is 19.6 Å². The van der Waals surface area contributed by atoms with Crippen LogP contribution < -0.4 is 10.6 Å². The van der Waals surface area contributed by atoms with Gasteiger partial charge in [0.15, 0.2) is 0 Å². The molecular weight excluding hydrogens is 292 g/mol. The summed E-state index contributed by atoms with van der Waals surface area (Å²) in [4.78, 5) is 13.3. The highest BCUT2D eigenvalue weighted by molar-refractivity contribution is 7.98. The van der Waals surface area contributed by atoms with Crippen LogP contribution in [0.1, 0.15) is 15.9 Å². The largest absolute Gasteiger partial charge is 0.352 e. The third kappa shape index (κ3) is 4.12. The highest BCUT2D eigenvalue weighted by atomic mass is 32.2. The first-order valence-corrected chi connectivity index (χ1v) is 8.55. The van der Waals surface area contributed by atoms with Crippen molar-refractivity contribution in [1.82, 2.24) is 10.6 Å². The average Bonchev–Trinajstić information content (AvgIpc) is 2.53. The van der Waals surface area contributed by atoms with Crippen molar-refractivity contribution in [2.45, 2.75) is 10.6 Å². The van der Waals surface area contributed by atoms with E-state index in [2.05, 4.69) is 22.8 Å². The molecule has 0 bridgehead atoms. The molecule has 1 saturated heterocycles. The van der Waals surface area contributed by atoms with Crippen molar-refractivity contribution in [2.24, 2.45) is 5.92 Å². The van der Waals surface area contributed by atoms with E-state index < -0.39 is 0 Å². The first kappa shape index (κ1) is 15.1. The monoisotopic (exact) mass is 312 g/mol. The van der Waals surface area contributed by atoms with Gasteiger partial charge < -0.3 is 10.6 Å². The van der Waals surface area contributed by atoms with Crippen molar-refractivity contribution >= 4 is 17.7 Å². The Labute approximate surface area is 135 Å². The fourth-order valence-electron chi connectivity index (χ4n) is 2.27. The van der Waals surface area contributed by atoms with Crippen LogP contribution in [0.3, 0.4) is 0 Å². The Morgan fingerprint density at radius 3 is 2.45 bits per heavy atom. The summed E-state index contributed by atoms with van der Waals surface area (Å²) < 4.78 is 0. The Bertz CT molecular complexity index is 609. The quantitative estimate of drug-likeness (QED) is 0.806. The van der Waals surface area contributed by atoms with Crippen LogP contribution in [-0.2, 0) is 5.75 Å². The normalized spacial score (nSPS) is 14.4. The van der Waals surface area contributed by atoms with Crippen LogP contribution in [0.2, 0.25) is 0 Å². The van der Waals surface area contributed by atoms with E-state index in [0.29, 0.717) is 5.92 Å². The molecule has 1 aliphatic rings. The molecule has 2 N–H and O–H groups in total. The predicted molar refractivity (Wildman–Crippen MR) is 91.1 cm³/mol. The molecule has 0 atom stereocenters. The number of rotatable bonds is 6. The second-order valence-corrected chi connectivity index (χ2v) is 6.58. The molecule has 4 heteroatoms. The molecule has 3 nitrogen and oxygen atoms in total. The molecule has 0 aromatic heterocycles. The van der Waals surface area contributed by atoms with Crippen LogP contribution in [0.25, 0.3) is 0 Å². The Hall–Kier alpha value is -1.78.